The van der Waals surface area contributed by atoms with Gasteiger partial charge in [0.05, 0.1) is 32.1 Å². The summed E-state index contributed by atoms with van der Waals surface area (Å²) < 4.78 is 21.9. The minimum absolute atomic E-state index is 0.261. The predicted octanol–water partition coefficient (Wildman–Crippen LogP) is -3.84. The molecule has 10 unspecified atom stereocenters. The molecule has 0 radical (unpaired) electrons. The molecule has 2 rings (SSSR count). The molecule has 2 heterocycles. The number of thioether (sulfide) groups is 1. The minimum atomic E-state index is -1.71. The summed E-state index contributed by atoms with van der Waals surface area (Å²) in [4.78, 5) is 15.7. The maximum Gasteiger partial charge on any atom is 0.217 e. The second-order valence-electron chi connectivity index (χ2n) is 7.37. The van der Waals surface area contributed by atoms with Crippen LogP contribution in [0.15, 0.2) is 4.99 Å². The highest BCUT2D eigenvalue weighted by atomic mass is 32.2. The number of hydrogen-bond acceptors (Lipinski definition) is 13. The first-order valence-electron chi connectivity index (χ1n) is 9.97. The van der Waals surface area contributed by atoms with Crippen molar-refractivity contribution in [1.29, 1.82) is 0 Å². The van der Waals surface area contributed by atoms with Gasteiger partial charge in [0, 0.05) is 14.0 Å². The zero-order valence-electron chi connectivity index (χ0n) is 18.0. The number of amides is 1. The van der Waals surface area contributed by atoms with Gasteiger partial charge in [-0.2, -0.15) is 0 Å². The van der Waals surface area contributed by atoms with Gasteiger partial charge in [0.25, 0.3) is 0 Å². The summed E-state index contributed by atoms with van der Waals surface area (Å²) in [5, 5.41) is 62.9. The molecule has 0 saturated carbocycles. The molecule has 0 aromatic rings. The molecule has 32 heavy (non-hydrogen) atoms. The van der Waals surface area contributed by atoms with E-state index in [0.29, 0.717) is 5.90 Å². The SMILES string of the molecule is C/N=C(\CSC1OC(CO)C(OC2OC(CO)C(O)C(O)C2O)C(O)C1NC(C)=O)OC. The third-order valence-electron chi connectivity index (χ3n) is 5.22. The Morgan fingerprint density at radius 1 is 1.03 bits per heavy atom. The lowest BCUT2D eigenvalue weighted by molar-refractivity contribution is -0.333. The molecule has 0 spiro atoms. The van der Waals surface area contributed by atoms with Gasteiger partial charge in [-0.1, -0.05) is 0 Å². The van der Waals surface area contributed by atoms with E-state index in [9.17, 15) is 35.4 Å². The van der Waals surface area contributed by atoms with Crippen LogP contribution < -0.4 is 5.32 Å². The first kappa shape index (κ1) is 27.2. The predicted molar refractivity (Wildman–Crippen MR) is 111 cm³/mol. The molecule has 2 fully saturated rings. The number of ether oxygens (including phenoxy) is 4. The number of hydrogen-bond donors (Lipinski definition) is 7. The number of nitrogens with zero attached hydrogens (tertiary/aromatic N) is 1. The first-order chi connectivity index (χ1) is 15.2. The van der Waals surface area contributed by atoms with Crippen molar-refractivity contribution >= 4 is 23.6 Å². The molecule has 14 heteroatoms. The standard InChI is InChI=1S/C18H32N2O11S/c1-7(23)20-11-13(25)16(9(5-22)30-18(11)32-6-10(19-2)28-3)31-17-15(27)14(26)12(24)8(4-21)29-17/h8-9,11-18,21-22,24-27H,4-6H2,1-3H3,(H,20,23)/b19-10+. The average Bonchev–Trinajstić information content (AvgIpc) is 2.77. The van der Waals surface area contributed by atoms with E-state index in [1.807, 2.05) is 0 Å². The third kappa shape index (κ3) is 6.28. The maximum absolute atomic E-state index is 11.7. The highest BCUT2D eigenvalue weighted by Crippen LogP contribution is 2.33. The topological polar surface area (TPSA) is 200 Å². The number of aliphatic hydroxyl groups excluding tert-OH is 6. The molecule has 1 amide bonds. The van der Waals surface area contributed by atoms with E-state index in [1.165, 1.54) is 25.8 Å². The normalized spacial score (nSPS) is 40.7. The van der Waals surface area contributed by atoms with Crippen molar-refractivity contribution in [3.05, 3.63) is 0 Å². The lowest BCUT2D eigenvalue weighted by Crippen LogP contribution is -2.66. The molecule has 2 aliphatic heterocycles. The Kier molecular flexibility index (Phi) is 10.5. The van der Waals surface area contributed by atoms with Gasteiger partial charge < -0.3 is 54.9 Å². The number of nitrogens with one attached hydrogen (secondary N) is 1. The first-order valence-corrected chi connectivity index (χ1v) is 11.0. The Hall–Kier alpha value is -1.07. The van der Waals surface area contributed by atoms with Crippen LogP contribution in [0.4, 0.5) is 0 Å². The molecule has 0 bridgehead atoms. The van der Waals surface area contributed by atoms with Crippen molar-refractivity contribution in [3.8, 4) is 0 Å². The number of carbonyl (C=O) groups is 1. The molecule has 0 aromatic heterocycles. The van der Waals surface area contributed by atoms with Crippen LogP contribution in [0.25, 0.3) is 0 Å². The smallest absolute Gasteiger partial charge is 0.217 e. The second-order valence-corrected chi connectivity index (χ2v) is 8.46. The molecule has 0 aliphatic carbocycles. The Morgan fingerprint density at radius 2 is 1.69 bits per heavy atom. The molecule has 7 N–H and O–H groups in total. The number of aliphatic hydroxyl groups is 6. The van der Waals surface area contributed by atoms with Gasteiger partial charge in [-0.15, -0.1) is 11.8 Å². The zero-order chi connectivity index (χ0) is 24.0. The number of methoxy groups -OCH3 is 1. The highest BCUT2D eigenvalue weighted by molar-refractivity contribution is 8.00. The minimum Gasteiger partial charge on any atom is -0.484 e. The van der Waals surface area contributed by atoms with Crippen LogP contribution in [0, 0.1) is 0 Å². The zero-order valence-corrected chi connectivity index (χ0v) is 18.8. The fraction of sp³-hybridized carbons (Fsp3) is 0.889. The monoisotopic (exact) mass is 484 g/mol. The molecule has 2 saturated heterocycles. The van der Waals surface area contributed by atoms with Gasteiger partial charge in [-0.05, 0) is 0 Å². The summed E-state index contributed by atoms with van der Waals surface area (Å²) in [6.07, 6.45) is -11.6. The van der Waals surface area contributed by atoms with Crippen molar-refractivity contribution in [2.75, 3.05) is 33.1 Å². The van der Waals surface area contributed by atoms with Crippen LogP contribution in [0.1, 0.15) is 6.92 Å². The largest absolute Gasteiger partial charge is 0.484 e. The van der Waals surface area contributed by atoms with E-state index < -0.39 is 79.6 Å². The van der Waals surface area contributed by atoms with E-state index in [4.69, 9.17) is 18.9 Å². The summed E-state index contributed by atoms with van der Waals surface area (Å²) in [5.41, 5.74) is -0.812. The number of aliphatic imine (C=N–C) groups is 1. The van der Waals surface area contributed by atoms with Crippen molar-refractivity contribution < 1.29 is 54.4 Å². The maximum atomic E-state index is 11.7. The molecule has 2 aliphatic rings. The quantitative estimate of drug-likeness (QED) is 0.131. The van der Waals surface area contributed by atoms with E-state index in [-0.39, 0.29) is 5.75 Å². The van der Waals surface area contributed by atoms with Crippen molar-refractivity contribution in [3.63, 3.8) is 0 Å². The molecule has 13 nitrogen and oxygen atoms in total. The lowest BCUT2D eigenvalue weighted by atomic mass is 9.96. The average molecular weight is 485 g/mol. The second kappa shape index (κ2) is 12.4. The van der Waals surface area contributed by atoms with Crippen molar-refractivity contribution in [2.24, 2.45) is 4.99 Å². The van der Waals surface area contributed by atoms with Gasteiger partial charge in [0.1, 0.15) is 48.2 Å². The number of carbonyl (C=O) groups excluding carboxylic acids is 1. The molecule has 186 valence electrons. The van der Waals surface area contributed by atoms with Crippen LogP contribution in [0.3, 0.4) is 0 Å². The summed E-state index contributed by atoms with van der Waals surface area (Å²) in [5.74, 6) is 0.208. The van der Waals surface area contributed by atoms with Gasteiger partial charge in [0.15, 0.2) is 12.2 Å². The third-order valence-corrected chi connectivity index (χ3v) is 6.37. The molecular formula is C18H32N2O11S. The summed E-state index contributed by atoms with van der Waals surface area (Å²) >= 11 is 1.17. The van der Waals surface area contributed by atoms with Crippen molar-refractivity contribution in [2.45, 2.75) is 67.4 Å². The summed E-state index contributed by atoms with van der Waals surface area (Å²) in [6.45, 7) is 0.0160. The molecule has 10 atom stereocenters. The van der Waals surface area contributed by atoms with Gasteiger partial charge in [-0.3, -0.25) is 9.79 Å². The van der Waals surface area contributed by atoms with Crippen LogP contribution >= 0.6 is 11.8 Å². The van der Waals surface area contributed by atoms with E-state index in [0.717, 1.165) is 0 Å². The molecule has 0 aromatic carbocycles. The Labute approximate surface area is 189 Å². The van der Waals surface area contributed by atoms with Gasteiger partial charge in [0.2, 0.25) is 5.91 Å². The lowest BCUT2D eigenvalue weighted by Gasteiger charge is -2.47. The van der Waals surface area contributed by atoms with E-state index >= 15 is 0 Å². The molecular weight excluding hydrogens is 452 g/mol. The number of rotatable bonds is 8. The van der Waals surface area contributed by atoms with Crippen LogP contribution in [0.5, 0.6) is 0 Å². The van der Waals surface area contributed by atoms with Crippen LogP contribution in [-0.4, -0.2) is 136 Å². The summed E-state index contributed by atoms with van der Waals surface area (Å²) in [7, 11) is 2.99. The Morgan fingerprint density at radius 3 is 2.22 bits per heavy atom. The van der Waals surface area contributed by atoms with Gasteiger partial charge in [-0.25, -0.2) is 0 Å². The Balaban J connectivity index is 2.21. The van der Waals surface area contributed by atoms with E-state index in [1.54, 1.807) is 7.05 Å². The van der Waals surface area contributed by atoms with Crippen LogP contribution in [-0.2, 0) is 23.7 Å². The van der Waals surface area contributed by atoms with Crippen LogP contribution in [0.2, 0.25) is 0 Å². The van der Waals surface area contributed by atoms with Crippen molar-refractivity contribution in [1.82, 2.24) is 5.32 Å². The van der Waals surface area contributed by atoms with Gasteiger partial charge >= 0.3 is 0 Å². The highest BCUT2D eigenvalue weighted by Gasteiger charge is 2.51. The van der Waals surface area contributed by atoms with E-state index in [2.05, 4.69) is 10.3 Å². The Bertz CT molecular complexity index is 640. The summed E-state index contributed by atoms with van der Waals surface area (Å²) in [6, 6.07) is -0.981. The fourth-order valence-electron chi connectivity index (χ4n) is 3.47. The fourth-order valence-corrected chi connectivity index (χ4v) is 4.68.